The topological polar surface area (TPSA) is 12.0 Å². The van der Waals surface area contributed by atoms with Gasteiger partial charge in [-0.2, -0.15) is 0 Å². The van der Waals surface area contributed by atoms with Gasteiger partial charge in [0.25, 0.3) is 0 Å². The Kier molecular flexibility index (Phi) is 2.17. The molecule has 2 aliphatic rings. The molecular weight excluding hydrogens is 134 g/mol. The van der Waals surface area contributed by atoms with Gasteiger partial charge in [-0.15, -0.1) is 0 Å². The molecule has 0 amide bonds. The Morgan fingerprint density at radius 2 is 2.09 bits per heavy atom. The van der Waals surface area contributed by atoms with Crippen LogP contribution < -0.4 is 5.32 Å². The molecule has 1 aliphatic carbocycles. The van der Waals surface area contributed by atoms with E-state index in [4.69, 9.17) is 0 Å². The maximum Gasteiger partial charge on any atom is -0.00178 e. The number of piperidine rings is 1. The van der Waals surface area contributed by atoms with E-state index in [1.165, 1.54) is 38.8 Å². The molecule has 0 aromatic heterocycles. The van der Waals surface area contributed by atoms with E-state index in [1.54, 1.807) is 0 Å². The molecule has 1 N–H and O–H groups in total. The van der Waals surface area contributed by atoms with Crippen LogP contribution in [-0.4, -0.2) is 13.1 Å². The number of fused-ring (bicyclic) bond motifs is 1. The van der Waals surface area contributed by atoms with Crippen LogP contribution in [0.2, 0.25) is 0 Å². The van der Waals surface area contributed by atoms with Gasteiger partial charge in [-0.05, 0) is 43.7 Å². The molecule has 11 heavy (non-hydrogen) atoms. The van der Waals surface area contributed by atoms with Crippen molar-refractivity contribution in [1.29, 1.82) is 0 Å². The van der Waals surface area contributed by atoms with Crippen molar-refractivity contribution >= 4 is 0 Å². The summed E-state index contributed by atoms with van der Waals surface area (Å²) in [6, 6.07) is 0. The zero-order chi connectivity index (χ0) is 7.68. The zero-order valence-electron chi connectivity index (χ0n) is 7.47. The number of rotatable bonds is 0. The molecule has 1 saturated carbocycles. The molecule has 2 fully saturated rings. The van der Waals surface area contributed by atoms with E-state index >= 15 is 0 Å². The van der Waals surface area contributed by atoms with E-state index in [1.807, 2.05) is 0 Å². The maximum atomic E-state index is 3.50. The van der Waals surface area contributed by atoms with Gasteiger partial charge in [0, 0.05) is 0 Å². The molecule has 0 bridgehead atoms. The fourth-order valence-electron chi connectivity index (χ4n) is 2.92. The van der Waals surface area contributed by atoms with Gasteiger partial charge in [0.15, 0.2) is 0 Å². The Morgan fingerprint density at radius 3 is 2.91 bits per heavy atom. The molecule has 0 aromatic carbocycles. The molecule has 2 rings (SSSR count). The first-order valence-corrected chi connectivity index (χ1v) is 5.08. The van der Waals surface area contributed by atoms with Crippen molar-refractivity contribution in [3.8, 4) is 0 Å². The van der Waals surface area contributed by atoms with Gasteiger partial charge in [-0.25, -0.2) is 0 Å². The largest absolute Gasteiger partial charge is 0.316 e. The lowest BCUT2D eigenvalue weighted by atomic mass is 9.70. The minimum atomic E-state index is 1.01. The third kappa shape index (κ3) is 1.44. The van der Waals surface area contributed by atoms with Gasteiger partial charge < -0.3 is 5.32 Å². The van der Waals surface area contributed by atoms with Gasteiger partial charge in [-0.3, -0.25) is 0 Å². The third-order valence-corrected chi connectivity index (χ3v) is 3.63. The van der Waals surface area contributed by atoms with Crippen LogP contribution in [0.5, 0.6) is 0 Å². The number of hydrogen-bond donors (Lipinski definition) is 1. The Bertz CT molecular complexity index is 131. The van der Waals surface area contributed by atoms with E-state index in [0.717, 1.165) is 17.8 Å². The van der Waals surface area contributed by atoms with E-state index in [0.29, 0.717) is 0 Å². The Hall–Kier alpha value is -0.0400. The van der Waals surface area contributed by atoms with Crippen molar-refractivity contribution in [3.05, 3.63) is 0 Å². The summed E-state index contributed by atoms with van der Waals surface area (Å²) in [4.78, 5) is 0. The number of nitrogens with one attached hydrogen (secondary N) is 1. The molecule has 0 aromatic rings. The lowest BCUT2D eigenvalue weighted by molar-refractivity contribution is 0.126. The first kappa shape index (κ1) is 7.60. The molecule has 64 valence electrons. The predicted molar refractivity (Wildman–Crippen MR) is 47.5 cm³/mol. The summed E-state index contributed by atoms with van der Waals surface area (Å²) in [6.07, 6.45) is 5.89. The fourth-order valence-corrected chi connectivity index (χ4v) is 2.92. The van der Waals surface area contributed by atoms with E-state index < -0.39 is 0 Å². The Balaban J connectivity index is 1.99. The van der Waals surface area contributed by atoms with Crippen molar-refractivity contribution in [1.82, 2.24) is 5.32 Å². The molecule has 1 heterocycles. The lowest BCUT2D eigenvalue weighted by Crippen LogP contribution is -2.41. The quantitative estimate of drug-likeness (QED) is 0.561. The monoisotopic (exact) mass is 153 g/mol. The Morgan fingerprint density at radius 1 is 1.18 bits per heavy atom. The summed E-state index contributed by atoms with van der Waals surface area (Å²) in [6.45, 7) is 5.02. The van der Waals surface area contributed by atoms with Crippen LogP contribution in [0.3, 0.4) is 0 Å². The molecule has 1 heteroatoms. The normalized spacial score (nSPS) is 45.0. The van der Waals surface area contributed by atoms with Gasteiger partial charge in [0.05, 0.1) is 0 Å². The average Bonchev–Trinajstić information content (AvgIpc) is 2.06. The van der Waals surface area contributed by atoms with Crippen LogP contribution in [-0.2, 0) is 0 Å². The summed E-state index contributed by atoms with van der Waals surface area (Å²) >= 11 is 0. The van der Waals surface area contributed by atoms with E-state index in [-0.39, 0.29) is 0 Å². The smallest absolute Gasteiger partial charge is 0.00178 e. The summed E-state index contributed by atoms with van der Waals surface area (Å²) in [5.74, 6) is 3.09. The van der Waals surface area contributed by atoms with Crippen LogP contribution in [0, 0.1) is 17.8 Å². The molecule has 1 nitrogen and oxygen atoms in total. The highest BCUT2D eigenvalue weighted by atomic mass is 14.9. The summed E-state index contributed by atoms with van der Waals surface area (Å²) in [5.41, 5.74) is 0. The van der Waals surface area contributed by atoms with Crippen molar-refractivity contribution < 1.29 is 0 Å². The fraction of sp³-hybridized carbons (Fsp3) is 1.00. The van der Waals surface area contributed by atoms with Crippen LogP contribution in [0.1, 0.15) is 32.6 Å². The first-order valence-electron chi connectivity index (χ1n) is 5.08. The average molecular weight is 153 g/mol. The molecular formula is C10H19N. The second-order valence-electron chi connectivity index (χ2n) is 4.32. The van der Waals surface area contributed by atoms with Crippen LogP contribution in [0.25, 0.3) is 0 Å². The van der Waals surface area contributed by atoms with Crippen LogP contribution in [0.15, 0.2) is 0 Å². The SMILES string of the molecule is CC1CCCC2CNCCC12. The van der Waals surface area contributed by atoms with Crippen molar-refractivity contribution in [2.45, 2.75) is 32.6 Å². The molecule has 1 saturated heterocycles. The van der Waals surface area contributed by atoms with Crippen molar-refractivity contribution in [3.63, 3.8) is 0 Å². The third-order valence-electron chi connectivity index (χ3n) is 3.63. The summed E-state index contributed by atoms with van der Waals surface area (Å²) in [5, 5.41) is 3.50. The standard InChI is InChI=1S/C10H19N/c1-8-3-2-4-9-7-11-6-5-10(8)9/h8-11H,2-7H2,1H3. The second kappa shape index (κ2) is 3.14. The highest BCUT2D eigenvalue weighted by molar-refractivity contribution is 4.84. The Labute approximate surface area is 69.6 Å². The highest BCUT2D eigenvalue weighted by Crippen LogP contribution is 2.37. The number of hydrogen-bond acceptors (Lipinski definition) is 1. The van der Waals surface area contributed by atoms with E-state index in [2.05, 4.69) is 12.2 Å². The van der Waals surface area contributed by atoms with Gasteiger partial charge in [0.1, 0.15) is 0 Å². The predicted octanol–water partition coefficient (Wildman–Crippen LogP) is 2.03. The van der Waals surface area contributed by atoms with E-state index in [9.17, 15) is 0 Å². The molecule has 0 radical (unpaired) electrons. The second-order valence-corrected chi connectivity index (χ2v) is 4.32. The van der Waals surface area contributed by atoms with Crippen LogP contribution in [0.4, 0.5) is 0 Å². The van der Waals surface area contributed by atoms with Gasteiger partial charge in [-0.1, -0.05) is 19.8 Å². The first-order chi connectivity index (χ1) is 5.38. The zero-order valence-corrected chi connectivity index (χ0v) is 7.47. The minimum absolute atomic E-state index is 1.01. The highest BCUT2D eigenvalue weighted by Gasteiger charge is 2.31. The van der Waals surface area contributed by atoms with Gasteiger partial charge in [0.2, 0.25) is 0 Å². The van der Waals surface area contributed by atoms with Gasteiger partial charge >= 0.3 is 0 Å². The lowest BCUT2D eigenvalue weighted by Gasteiger charge is -2.40. The summed E-state index contributed by atoms with van der Waals surface area (Å²) in [7, 11) is 0. The molecule has 1 aliphatic heterocycles. The minimum Gasteiger partial charge on any atom is -0.316 e. The maximum absolute atomic E-state index is 3.50. The molecule has 3 unspecified atom stereocenters. The summed E-state index contributed by atoms with van der Waals surface area (Å²) < 4.78 is 0. The van der Waals surface area contributed by atoms with Crippen molar-refractivity contribution in [2.75, 3.05) is 13.1 Å². The van der Waals surface area contributed by atoms with Crippen molar-refractivity contribution in [2.24, 2.45) is 17.8 Å². The molecule has 3 atom stereocenters. The van der Waals surface area contributed by atoms with Crippen LogP contribution >= 0.6 is 0 Å². The molecule has 0 spiro atoms.